The zero-order valence-corrected chi connectivity index (χ0v) is 9.83. The van der Waals surface area contributed by atoms with Gasteiger partial charge in [-0.25, -0.2) is 10.8 Å². The quantitative estimate of drug-likeness (QED) is 0.441. The summed E-state index contributed by atoms with van der Waals surface area (Å²) in [4.78, 5) is 7.96. The number of aliphatic hydroxyl groups excluding tert-OH is 1. The van der Waals surface area contributed by atoms with Gasteiger partial charge < -0.3 is 10.4 Å². The smallest absolute Gasteiger partial charge is 0.239 e. The number of hydrazine groups is 1. The number of hydrogen-bond acceptors (Lipinski definition) is 6. The predicted molar refractivity (Wildman–Crippen MR) is 64.3 cm³/mol. The maximum Gasteiger partial charge on any atom is 0.239 e. The van der Waals surface area contributed by atoms with E-state index in [1.807, 2.05) is 6.92 Å². The minimum Gasteiger partial charge on any atom is -0.396 e. The molecule has 1 aromatic rings. The van der Waals surface area contributed by atoms with Gasteiger partial charge in [-0.2, -0.15) is 4.98 Å². The van der Waals surface area contributed by atoms with Crippen LogP contribution in [0.15, 0.2) is 6.20 Å². The topological polar surface area (TPSA) is 96.1 Å². The summed E-state index contributed by atoms with van der Waals surface area (Å²) in [5, 5.41) is 12.4. The van der Waals surface area contributed by atoms with Crippen molar-refractivity contribution in [3.8, 4) is 0 Å². The Bertz CT molecular complexity index is 336. The molecular weight excluding hydrogens is 230 g/mol. The van der Waals surface area contributed by atoms with Crippen LogP contribution in [-0.4, -0.2) is 27.7 Å². The van der Waals surface area contributed by atoms with E-state index in [1.54, 1.807) is 0 Å². The Morgan fingerprint density at radius 1 is 1.62 bits per heavy atom. The van der Waals surface area contributed by atoms with E-state index >= 15 is 0 Å². The average Bonchev–Trinajstić information content (AvgIpc) is 2.31. The van der Waals surface area contributed by atoms with Crippen LogP contribution in [0.3, 0.4) is 0 Å². The molecule has 1 unspecified atom stereocenters. The Morgan fingerprint density at radius 2 is 2.38 bits per heavy atom. The van der Waals surface area contributed by atoms with Gasteiger partial charge in [0.1, 0.15) is 5.02 Å². The molecule has 0 aliphatic rings. The van der Waals surface area contributed by atoms with Gasteiger partial charge in [0, 0.05) is 12.6 Å². The lowest BCUT2D eigenvalue weighted by atomic mass is 10.1. The van der Waals surface area contributed by atoms with Gasteiger partial charge in [-0.05, 0) is 12.8 Å². The predicted octanol–water partition coefficient (Wildman–Crippen LogP) is 0.988. The Kier molecular flexibility index (Phi) is 5.24. The van der Waals surface area contributed by atoms with Crippen molar-refractivity contribution < 1.29 is 5.11 Å². The molecule has 0 aliphatic heterocycles. The number of nitrogen functional groups attached to an aromatic ring is 1. The van der Waals surface area contributed by atoms with E-state index in [4.69, 9.17) is 22.6 Å². The molecule has 1 aromatic heterocycles. The highest BCUT2D eigenvalue weighted by Gasteiger charge is 2.10. The zero-order chi connectivity index (χ0) is 12.0. The van der Waals surface area contributed by atoms with Gasteiger partial charge in [0.05, 0.1) is 6.20 Å². The molecule has 0 spiro atoms. The van der Waals surface area contributed by atoms with Crippen LogP contribution in [0.4, 0.5) is 11.8 Å². The van der Waals surface area contributed by atoms with Crippen LogP contribution in [0.2, 0.25) is 5.02 Å². The van der Waals surface area contributed by atoms with Crippen molar-refractivity contribution in [2.45, 2.75) is 25.8 Å². The molecule has 0 aromatic carbocycles. The molecule has 1 rings (SSSR count). The third kappa shape index (κ3) is 3.48. The first-order valence-electron chi connectivity index (χ1n) is 5.07. The van der Waals surface area contributed by atoms with Gasteiger partial charge in [-0.3, -0.25) is 5.43 Å². The Balaban J connectivity index is 2.77. The van der Waals surface area contributed by atoms with E-state index in [1.165, 1.54) is 6.20 Å². The van der Waals surface area contributed by atoms with Gasteiger partial charge >= 0.3 is 0 Å². The normalized spacial score (nSPS) is 12.2. The summed E-state index contributed by atoms with van der Waals surface area (Å²) in [7, 11) is 0. The summed E-state index contributed by atoms with van der Waals surface area (Å²) >= 11 is 5.94. The minimum absolute atomic E-state index is 0.121. The molecule has 0 bridgehead atoms. The second-order valence-electron chi connectivity index (χ2n) is 3.30. The van der Waals surface area contributed by atoms with Crippen molar-refractivity contribution in [3.63, 3.8) is 0 Å². The molecule has 0 radical (unpaired) electrons. The van der Waals surface area contributed by atoms with E-state index in [0.29, 0.717) is 23.2 Å². The van der Waals surface area contributed by atoms with Crippen molar-refractivity contribution in [1.29, 1.82) is 0 Å². The second-order valence-corrected chi connectivity index (χ2v) is 3.70. The number of nitrogens with one attached hydrogen (secondary N) is 2. The summed E-state index contributed by atoms with van der Waals surface area (Å²) in [6.45, 7) is 2.14. The Labute approximate surface area is 99.2 Å². The molecule has 7 heteroatoms. The van der Waals surface area contributed by atoms with Gasteiger partial charge in [0.25, 0.3) is 0 Å². The number of nitrogens with two attached hydrogens (primary N) is 1. The molecule has 0 saturated carbocycles. The fourth-order valence-electron chi connectivity index (χ4n) is 1.27. The lowest BCUT2D eigenvalue weighted by molar-refractivity contribution is 0.278. The molecule has 0 fully saturated rings. The highest BCUT2D eigenvalue weighted by atomic mass is 35.5. The standard InChI is InChI=1S/C9H16ClN5O/c1-2-6(3-4-16)13-8-7(10)5-12-9(14-8)15-11/h5-6,16H,2-4,11H2,1H3,(H2,12,13,14,15). The van der Waals surface area contributed by atoms with Crippen molar-refractivity contribution in [2.75, 3.05) is 17.3 Å². The summed E-state index contributed by atoms with van der Waals surface area (Å²) in [5.74, 6) is 6.02. The molecular formula is C9H16ClN5O. The first-order chi connectivity index (χ1) is 7.71. The Morgan fingerprint density at radius 3 is 2.94 bits per heavy atom. The van der Waals surface area contributed by atoms with Crippen LogP contribution < -0.4 is 16.6 Å². The molecule has 1 atom stereocenters. The molecule has 0 saturated heterocycles. The molecule has 6 nitrogen and oxygen atoms in total. The van der Waals surface area contributed by atoms with Crippen molar-refractivity contribution >= 4 is 23.4 Å². The van der Waals surface area contributed by atoms with Crippen molar-refractivity contribution in [1.82, 2.24) is 9.97 Å². The molecule has 0 amide bonds. The van der Waals surface area contributed by atoms with E-state index in [2.05, 4.69) is 20.7 Å². The van der Waals surface area contributed by atoms with Crippen molar-refractivity contribution in [3.05, 3.63) is 11.2 Å². The van der Waals surface area contributed by atoms with E-state index in [-0.39, 0.29) is 12.6 Å². The van der Waals surface area contributed by atoms with E-state index < -0.39 is 0 Å². The third-order valence-electron chi connectivity index (χ3n) is 2.18. The maximum atomic E-state index is 8.88. The monoisotopic (exact) mass is 245 g/mol. The molecule has 1 heterocycles. The molecule has 5 N–H and O–H groups in total. The fourth-order valence-corrected chi connectivity index (χ4v) is 1.41. The highest BCUT2D eigenvalue weighted by molar-refractivity contribution is 6.32. The second kappa shape index (κ2) is 6.47. The number of halogens is 1. The number of aliphatic hydroxyl groups is 1. The number of rotatable bonds is 6. The lowest BCUT2D eigenvalue weighted by Gasteiger charge is -2.17. The van der Waals surface area contributed by atoms with Gasteiger partial charge in [0.15, 0.2) is 5.82 Å². The summed E-state index contributed by atoms with van der Waals surface area (Å²) in [6, 6.07) is 0.128. The first-order valence-corrected chi connectivity index (χ1v) is 5.45. The summed E-state index contributed by atoms with van der Waals surface area (Å²) < 4.78 is 0. The SMILES string of the molecule is CCC(CCO)Nc1nc(NN)ncc1Cl. The van der Waals surface area contributed by atoms with Gasteiger partial charge in [0.2, 0.25) is 5.95 Å². The maximum absolute atomic E-state index is 8.88. The summed E-state index contributed by atoms with van der Waals surface area (Å²) in [6.07, 6.45) is 2.98. The molecule has 90 valence electrons. The number of nitrogens with zero attached hydrogens (tertiary/aromatic N) is 2. The Hall–Kier alpha value is -1.11. The van der Waals surface area contributed by atoms with Crippen molar-refractivity contribution in [2.24, 2.45) is 5.84 Å². The molecule has 16 heavy (non-hydrogen) atoms. The zero-order valence-electron chi connectivity index (χ0n) is 9.07. The van der Waals surface area contributed by atoms with Crippen LogP contribution in [-0.2, 0) is 0 Å². The average molecular weight is 246 g/mol. The summed E-state index contributed by atoms with van der Waals surface area (Å²) in [5.41, 5.74) is 2.35. The van der Waals surface area contributed by atoms with Gasteiger partial charge in [-0.15, -0.1) is 0 Å². The lowest BCUT2D eigenvalue weighted by Crippen LogP contribution is -2.21. The largest absolute Gasteiger partial charge is 0.396 e. The highest BCUT2D eigenvalue weighted by Crippen LogP contribution is 2.20. The van der Waals surface area contributed by atoms with E-state index in [9.17, 15) is 0 Å². The fraction of sp³-hybridized carbons (Fsp3) is 0.556. The third-order valence-corrected chi connectivity index (χ3v) is 2.46. The van der Waals surface area contributed by atoms with Crippen LogP contribution in [0, 0.1) is 0 Å². The van der Waals surface area contributed by atoms with Crippen LogP contribution in [0.5, 0.6) is 0 Å². The number of hydrogen-bond donors (Lipinski definition) is 4. The van der Waals surface area contributed by atoms with Crippen LogP contribution in [0.1, 0.15) is 19.8 Å². The molecule has 0 aliphatic carbocycles. The van der Waals surface area contributed by atoms with E-state index in [0.717, 1.165) is 6.42 Å². The number of anilines is 2. The minimum atomic E-state index is 0.121. The van der Waals surface area contributed by atoms with Gasteiger partial charge in [-0.1, -0.05) is 18.5 Å². The first kappa shape index (κ1) is 13.0. The number of aromatic nitrogens is 2. The van der Waals surface area contributed by atoms with Crippen LogP contribution >= 0.6 is 11.6 Å². The van der Waals surface area contributed by atoms with Crippen LogP contribution in [0.25, 0.3) is 0 Å².